The first kappa shape index (κ1) is 20.9. The number of rotatable bonds is 5. The average Bonchev–Trinajstić information content (AvgIpc) is 3.13. The number of hydrogen-bond donors (Lipinski definition) is 2. The molecular weight excluding hydrogens is 396 g/mol. The summed E-state index contributed by atoms with van der Waals surface area (Å²) in [6, 6.07) is 5.94. The number of aromatic nitrogens is 2. The van der Waals surface area contributed by atoms with Crippen LogP contribution in [0.4, 0.5) is 17.6 Å². The molecule has 2 aliphatic rings. The highest BCUT2D eigenvalue weighted by molar-refractivity contribution is 7.80. The Labute approximate surface area is 184 Å². The first-order valence-electron chi connectivity index (χ1n) is 11.1. The van der Waals surface area contributed by atoms with Crippen LogP contribution in [0.1, 0.15) is 51.2 Å². The lowest BCUT2D eigenvalue weighted by Crippen LogP contribution is -2.35. The molecule has 7 nitrogen and oxygen atoms in total. The molecule has 0 aliphatic carbocycles. The van der Waals surface area contributed by atoms with Gasteiger partial charge in [-0.25, -0.2) is 0 Å². The summed E-state index contributed by atoms with van der Waals surface area (Å²) in [5.74, 6) is 4.16. The fourth-order valence-electron chi connectivity index (χ4n) is 4.07. The van der Waals surface area contributed by atoms with Crippen molar-refractivity contribution in [2.24, 2.45) is 5.92 Å². The molecule has 162 valence electrons. The van der Waals surface area contributed by atoms with Crippen LogP contribution >= 0.6 is 12.2 Å². The van der Waals surface area contributed by atoms with E-state index in [-0.39, 0.29) is 0 Å². The first-order chi connectivity index (χ1) is 14.7. The zero-order chi connectivity index (χ0) is 20.8. The summed E-state index contributed by atoms with van der Waals surface area (Å²) in [5.41, 5.74) is 0. The van der Waals surface area contributed by atoms with E-state index in [1.807, 2.05) is 12.1 Å². The molecule has 0 bridgehead atoms. The third kappa shape index (κ3) is 5.62. The van der Waals surface area contributed by atoms with E-state index in [0.717, 1.165) is 49.5 Å². The molecule has 2 fully saturated rings. The van der Waals surface area contributed by atoms with Gasteiger partial charge in [0, 0.05) is 32.2 Å². The minimum Gasteiger partial charge on any atom is -0.467 e. The fraction of sp³-hybridized carbons (Fsp3) is 0.591. The van der Waals surface area contributed by atoms with Gasteiger partial charge in [-0.15, -0.1) is 0 Å². The summed E-state index contributed by atoms with van der Waals surface area (Å²) >= 11 is 5.47. The second-order valence-electron chi connectivity index (χ2n) is 8.37. The van der Waals surface area contributed by atoms with Crippen LogP contribution in [0.2, 0.25) is 0 Å². The lowest BCUT2D eigenvalue weighted by atomic mass is 9.99. The second kappa shape index (κ2) is 10.1. The Kier molecular flexibility index (Phi) is 7.04. The van der Waals surface area contributed by atoms with Gasteiger partial charge in [-0.3, -0.25) is 0 Å². The van der Waals surface area contributed by atoms with E-state index in [4.69, 9.17) is 26.6 Å². The minimum absolute atomic E-state index is 0.498. The summed E-state index contributed by atoms with van der Waals surface area (Å²) < 4.78 is 5.36. The van der Waals surface area contributed by atoms with Crippen LogP contribution in [0.15, 0.2) is 28.9 Å². The Balaban J connectivity index is 1.50. The van der Waals surface area contributed by atoms with E-state index >= 15 is 0 Å². The van der Waals surface area contributed by atoms with Crippen molar-refractivity contribution in [1.82, 2.24) is 15.3 Å². The molecule has 2 aliphatic heterocycles. The van der Waals surface area contributed by atoms with Gasteiger partial charge in [0.1, 0.15) is 17.4 Å². The lowest BCUT2D eigenvalue weighted by Gasteiger charge is -2.32. The minimum atomic E-state index is 0.498. The monoisotopic (exact) mass is 428 g/mol. The van der Waals surface area contributed by atoms with E-state index in [9.17, 15) is 0 Å². The van der Waals surface area contributed by atoms with E-state index < -0.39 is 0 Å². The second-order valence-corrected chi connectivity index (χ2v) is 8.77. The van der Waals surface area contributed by atoms with E-state index in [1.54, 1.807) is 6.26 Å². The topological polar surface area (TPSA) is 69.5 Å². The highest BCUT2D eigenvalue weighted by Crippen LogP contribution is 2.27. The van der Waals surface area contributed by atoms with Crippen molar-refractivity contribution in [3.8, 4) is 0 Å². The molecule has 8 heteroatoms. The summed E-state index contributed by atoms with van der Waals surface area (Å²) in [4.78, 5) is 14.4. The molecular formula is C22H32N6OS. The number of nitrogens with one attached hydrogen (secondary N) is 2. The Bertz CT molecular complexity index is 811. The van der Waals surface area contributed by atoms with Gasteiger partial charge < -0.3 is 24.9 Å². The van der Waals surface area contributed by atoms with Crippen molar-refractivity contribution in [3.63, 3.8) is 0 Å². The molecule has 0 unspecified atom stereocenters. The molecule has 30 heavy (non-hydrogen) atoms. The van der Waals surface area contributed by atoms with Crippen LogP contribution in [-0.4, -0.2) is 41.3 Å². The van der Waals surface area contributed by atoms with Crippen molar-refractivity contribution >= 4 is 34.9 Å². The predicted octanol–water partition coefficient (Wildman–Crippen LogP) is 4.17. The Hall–Kier alpha value is -2.35. The zero-order valence-corrected chi connectivity index (χ0v) is 18.6. The molecule has 0 saturated carbocycles. The van der Waals surface area contributed by atoms with Crippen molar-refractivity contribution in [2.45, 2.75) is 52.0 Å². The standard InChI is InChI=1S/C22H32N6OS/c1-17-8-12-28(13-9-17)20-15-19(27-10-4-2-3-5-11-27)24-21(25-20)26-22(30)23-16-18-7-6-14-29-18/h6-7,14-15,17H,2-5,8-13,16H2,1H3,(H2,23,24,25,26,30). The Morgan fingerprint density at radius 2 is 1.73 bits per heavy atom. The van der Waals surface area contributed by atoms with Crippen molar-refractivity contribution in [1.29, 1.82) is 0 Å². The highest BCUT2D eigenvalue weighted by Gasteiger charge is 2.21. The van der Waals surface area contributed by atoms with Crippen molar-refractivity contribution in [3.05, 3.63) is 30.2 Å². The van der Waals surface area contributed by atoms with E-state index in [0.29, 0.717) is 17.6 Å². The summed E-state index contributed by atoms with van der Waals surface area (Å²) in [5, 5.41) is 6.86. The first-order valence-corrected chi connectivity index (χ1v) is 11.5. The lowest BCUT2D eigenvalue weighted by molar-refractivity contribution is 0.436. The highest BCUT2D eigenvalue weighted by atomic mass is 32.1. The summed E-state index contributed by atoms with van der Waals surface area (Å²) in [6.45, 7) is 7.04. The third-order valence-electron chi connectivity index (χ3n) is 5.97. The molecule has 0 aromatic carbocycles. The van der Waals surface area contributed by atoms with Gasteiger partial charge in [0.2, 0.25) is 5.95 Å². The SMILES string of the molecule is CC1CCN(c2cc(N3CCCCCC3)nc(NC(=S)NCc3ccco3)n2)CC1. The Morgan fingerprint density at radius 1 is 1.07 bits per heavy atom. The molecule has 4 rings (SSSR count). The molecule has 0 radical (unpaired) electrons. The number of furan rings is 1. The number of nitrogens with zero attached hydrogens (tertiary/aromatic N) is 4. The van der Waals surface area contributed by atoms with Gasteiger partial charge in [-0.1, -0.05) is 19.8 Å². The largest absolute Gasteiger partial charge is 0.467 e. The van der Waals surface area contributed by atoms with Gasteiger partial charge >= 0.3 is 0 Å². The maximum atomic E-state index is 5.47. The molecule has 2 aromatic rings. The van der Waals surface area contributed by atoms with E-state index in [2.05, 4.69) is 33.4 Å². The average molecular weight is 429 g/mol. The van der Waals surface area contributed by atoms with Gasteiger partial charge in [-0.05, 0) is 56.0 Å². The molecule has 0 amide bonds. The summed E-state index contributed by atoms with van der Waals surface area (Å²) in [6.07, 6.45) is 9.09. The van der Waals surface area contributed by atoms with Crippen LogP contribution in [0, 0.1) is 5.92 Å². The van der Waals surface area contributed by atoms with Gasteiger partial charge in [0.05, 0.1) is 12.8 Å². The fourth-order valence-corrected chi connectivity index (χ4v) is 4.23. The predicted molar refractivity (Wildman–Crippen MR) is 125 cm³/mol. The number of hydrogen-bond acceptors (Lipinski definition) is 6. The number of anilines is 3. The number of thiocarbonyl (C=S) groups is 1. The molecule has 0 atom stereocenters. The van der Waals surface area contributed by atoms with Crippen molar-refractivity contribution in [2.75, 3.05) is 41.3 Å². The molecule has 2 aromatic heterocycles. The normalized spacial score (nSPS) is 18.2. The maximum Gasteiger partial charge on any atom is 0.232 e. The van der Waals surface area contributed by atoms with Crippen LogP contribution in [0.25, 0.3) is 0 Å². The maximum absolute atomic E-state index is 5.47. The van der Waals surface area contributed by atoms with Crippen LogP contribution in [-0.2, 0) is 6.54 Å². The molecule has 2 N–H and O–H groups in total. The summed E-state index contributed by atoms with van der Waals surface area (Å²) in [7, 11) is 0. The van der Waals surface area contributed by atoms with Gasteiger partial charge in [0.15, 0.2) is 5.11 Å². The van der Waals surface area contributed by atoms with Gasteiger partial charge in [-0.2, -0.15) is 9.97 Å². The van der Waals surface area contributed by atoms with Crippen molar-refractivity contribution < 1.29 is 4.42 Å². The molecule has 0 spiro atoms. The van der Waals surface area contributed by atoms with Crippen LogP contribution in [0.3, 0.4) is 0 Å². The molecule has 4 heterocycles. The quantitative estimate of drug-likeness (QED) is 0.688. The number of piperidine rings is 1. The third-order valence-corrected chi connectivity index (χ3v) is 6.21. The van der Waals surface area contributed by atoms with Crippen LogP contribution in [0.5, 0.6) is 0 Å². The van der Waals surface area contributed by atoms with Crippen LogP contribution < -0.4 is 20.4 Å². The smallest absolute Gasteiger partial charge is 0.232 e. The molecule has 2 saturated heterocycles. The zero-order valence-electron chi connectivity index (χ0n) is 17.8. The van der Waals surface area contributed by atoms with E-state index in [1.165, 1.54) is 38.5 Å². The van der Waals surface area contributed by atoms with Gasteiger partial charge in [0.25, 0.3) is 0 Å². The Morgan fingerprint density at radius 3 is 2.37 bits per heavy atom.